The number of halogens is 1. The molecule has 1 unspecified atom stereocenters. The second kappa shape index (κ2) is 10.8. The van der Waals surface area contributed by atoms with E-state index in [1.54, 1.807) is 6.07 Å². The highest BCUT2D eigenvalue weighted by molar-refractivity contribution is 5.18. The Morgan fingerprint density at radius 3 is 2.20 bits per heavy atom. The van der Waals surface area contributed by atoms with Crippen LogP contribution in [0.2, 0.25) is 0 Å². The number of benzene rings is 1. The van der Waals surface area contributed by atoms with E-state index in [0.29, 0.717) is 6.42 Å². The number of unbranched alkanes of at least 4 members (excludes halogenated alkanes) is 7. The van der Waals surface area contributed by atoms with E-state index >= 15 is 0 Å². The first-order chi connectivity index (χ1) is 9.74. The van der Waals surface area contributed by atoms with Gasteiger partial charge in [-0.05, 0) is 24.5 Å². The van der Waals surface area contributed by atoms with Crippen LogP contribution in [0.15, 0.2) is 24.3 Å². The molecule has 2 heteroatoms. The molecule has 0 saturated heterocycles. The molecule has 20 heavy (non-hydrogen) atoms. The molecule has 0 spiro atoms. The van der Waals surface area contributed by atoms with Gasteiger partial charge in [0.15, 0.2) is 0 Å². The minimum atomic E-state index is -0.126. The van der Waals surface area contributed by atoms with Crippen molar-refractivity contribution in [1.29, 1.82) is 0 Å². The van der Waals surface area contributed by atoms with Crippen molar-refractivity contribution in [2.75, 3.05) is 0 Å². The van der Waals surface area contributed by atoms with Crippen LogP contribution in [0.5, 0.6) is 0 Å². The van der Waals surface area contributed by atoms with Crippen LogP contribution in [-0.4, -0.2) is 6.04 Å². The first kappa shape index (κ1) is 17.2. The Morgan fingerprint density at radius 2 is 1.55 bits per heavy atom. The fraction of sp³-hybridized carbons (Fsp3) is 0.667. The monoisotopic (exact) mass is 279 g/mol. The molecule has 0 aliphatic carbocycles. The van der Waals surface area contributed by atoms with Crippen LogP contribution in [0.1, 0.15) is 70.3 Å². The van der Waals surface area contributed by atoms with E-state index in [4.69, 9.17) is 5.73 Å². The van der Waals surface area contributed by atoms with Gasteiger partial charge in [0, 0.05) is 6.04 Å². The molecule has 1 nitrogen and oxygen atoms in total. The average Bonchev–Trinajstić information content (AvgIpc) is 2.44. The standard InChI is InChI=1S/C18H30FN/c1-2-3-4-5-6-7-8-9-13-17(20)15-16-12-10-11-14-18(16)19/h10-12,14,17H,2-9,13,15,20H2,1H3. The third kappa shape index (κ3) is 7.64. The SMILES string of the molecule is CCCCCCCCCCC(N)Cc1ccccc1F. The topological polar surface area (TPSA) is 26.0 Å². The van der Waals surface area contributed by atoms with Gasteiger partial charge in [-0.1, -0.05) is 76.5 Å². The van der Waals surface area contributed by atoms with Gasteiger partial charge in [-0.15, -0.1) is 0 Å². The summed E-state index contributed by atoms with van der Waals surface area (Å²) in [6, 6.07) is 7.04. The highest BCUT2D eigenvalue weighted by Crippen LogP contribution is 2.13. The van der Waals surface area contributed by atoms with Crippen molar-refractivity contribution in [1.82, 2.24) is 0 Å². The molecule has 0 saturated carbocycles. The largest absolute Gasteiger partial charge is 0.327 e. The highest BCUT2D eigenvalue weighted by Gasteiger charge is 2.07. The Kier molecular flexibility index (Phi) is 9.31. The normalized spacial score (nSPS) is 12.6. The molecule has 0 fully saturated rings. The van der Waals surface area contributed by atoms with Crippen molar-refractivity contribution >= 4 is 0 Å². The zero-order valence-electron chi connectivity index (χ0n) is 12.9. The number of nitrogens with two attached hydrogens (primary N) is 1. The summed E-state index contributed by atoms with van der Waals surface area (Å²) in [6.07, 6.45) is 12.2. The van der Waals surface area contributed by atoms with E-state index in [-0.39, 0.29) is 11.9 Å². The van der Waals surface area contributed by atoms with E-state index in [0.717, 1.165) is 12.0 Å². The molecule has 1 rings (SSSR count). The minimum absolute atomic E-state index is 0.0898. The van der Waals surface area contributed by atoms with Crippen molar-refractivity contribution in [2.45, 2.75) is 77.2 Å². The van der Waals surface area contributed by atoms with Gasteiger partial charge in [0.05, 0.1) is 0 Å². The van der Waals surface area contributed by atoms with E-state index in [1.165, 1.54) is 57.4 Å². The summed E-state index contributed by atoms with van der Waals surface area (Å²) < 4.78 is 13.5. The molecule has 0 radical (unpaired) electrons. The lowest BCUT2D eigenvalue weighted by Gasteiger charge is -2.12. The quantitative estimate of drug-likeness (QED) is 0.552. The highest BCUT2D eigenvalue weighted by atomic mass is 19.1. The van der Waals surface area contributed by atoms with Crippen molar-refractivity contribution in [3.8, 4) is 0 Å². The van der Waals surface area contributed by atoms with Gasteiger partial charge >= 0.3 is 0 Å². The van der Waals surface area contributed by atoms with Crippen molar-refractivity contribution in [2.24, 2.45) is 5.73 Å². The van der Waals surface area contributed by atoms with Crippen LogP contribution in [-0.2, 0) is 6.42 Å². The lowest BCUT2D eigenvalue weighted by atomic mass is 10.00. The third-order valence-corrected chi connectivity index (χ3v) is 3.87. The summed E-state index contributed by atoms with van der Waals surface area (Å²) in [5.74, 6) is -0.126. The van der Waals surface area contributed by atoms with Gasteiger partial charge in [-0.25, -0.2) is 4.39 Å². The molecule has 1 atom stereocenters. The molecule has 1 aromatic rings. The van der Waals surface area contributed by atoms with Gasteiger partial charge in [0.25, 0.3) is 0 Å². The molecule has 0 bridgehead atoms. The fourth-order valence-electron chi connectivity index (χ4n) is 2.59. The maximum Gasteiger partial charge on any atom is 0.126 e. The predicted molar refractivity (Wildman–Crippen MR) is 85.3 cm³/mol. The molecule has 1 aromatic carbocycles. The Balaban J connectivity index is 2.03. The molecule has 0 aliphatic heterocycles. The zero-order chi connectivity index (χ0) is 14.6. The first-order valence-corrected chi connectivity index (χ1v) is 8.23. The number of rotatable bonds is 11. The van der Waals surface area contributed by atoms with Crippen LogP contribution >= 0.6 is 0 Å². The van der Waals surface area contributed by atoms with Crippen LogP contribution in [0.3, 0.4) is 0 Å². The summed E-state index contributed by atoms with van der Waals surface area (Å²) in [5.41, 5.74) is 6.84. The molecular weight excluding hydrogens is 249 g/mol. The van der Waals surface area contributed by atoms with Gasteiger partial charge < -0.3 is 5.73 Å². The summed E-state index contributed by atoms with van der Waals surface area (Å²) >= 11 is 0. The molecule has 2 N–H and O–H groups in total. The third-order valence-electron chi connectivity index (χ3n) is 3.87. The van der Waals surface area contributed by atoms with Crippen LogP contribution in [0, 0.1) is 5.82 Å². The molecule has 0 aliphatic rings. The summed E-state index contributed by atoms with van der Waals surface area (Å²) in [4.78, 5) is 0. The molecular formula is C18H30FN. The lowest BCUT2D eigenvalue weighted by Crippen LogP contribution is -2.23. The van der Waals surface area contributed by atoms with Crippen LogP contribution < -0.4 is 5.73 Å². The van der Waals surface area contributed by atoms with E-state index < -0.39 is 0 Å². The molecule has 0 aromatic heterocycles. The Labute approximate surface area is 123 Å². The summed E-state index contributed by atoms with van der Waals surface area (Å²) in [7, 11) is 0. The van der Waals surface area contributed by atoms with Crippen LogP contribution in [0.25, 0.3) is 0 Å². The Morgan fingerprint density at radius 1 is 0.950 bits per heavy atom. The van der Waals surface area contributed by atoms with Gasteiger partial charge in [-0.2, -0.15) is 0 Å². The maximum atomic E-state index is 13.5. The number of hydrogen-bond donors (Lipinski definition) is 1. The second-order valence-electron chi connectivity index (χ2n) is 5.82. The maximum absolute atomic E-state index is 13.5. The number of hydrogen-bond acceptors (Lipinski definition) is 1. The predicted octanol–water partition coefficient (Wildman–Crippen LogP) is 5.23. The first-order valence-electron chi connectivity index (χ1n) is 8.23. The van der Waals surface area contributed by atoms with Crippen molar-refractivity contribution in [3.05, 3.63) is 35.6 Å². The van der Waals surface area contributed by atoms with E-state index in [9.17, 15) is 4.39 Å². The van der Waals surface area contributed by atoms with Crippen molar-refractivity contribution < 1.29 is 4.39 Å². The lowest BCUT2D eigenvalue weighted by molar-refractivity contribution is 0.516. The molecule has 0 amide bonds. The van der Waals surface area contributed by atoms with Crippen molar-refractivity contribution in [3.63, 3.8) is 0 Å². The zero-order valence-corrected chi connectivity index (χ0v) is 12.9. The Hall–Kier alpha value is -0.890. The van der Waals surface area contributed by atoms with E-state index in [1.807, 2.05) is 12.1 Å². The van der Waals surface area contributed by atoms with Gasteiger partial charge in [-0.3, -0.25) is 0 Å². The Bertz CT molecular complexity index is 351. The average molecular weight is 279 g/mol. The smallest absolute Gasteiger partial charge is 0.126 e. The second-order valence-corrected chi connectivity index (χ2v) is 5.82. The fourth-order valence-corrected chi connectivity index (χ4v) is 2.59. The van der Waals surface area contributed by atoms with E-state index in [2.05, 4.69) is 6.92 Å². The molecule has 114 valence electrons. The minimum Gasteiger partial charge on any atom is -0.327 e. The molecule has 0 heterocycles. The van der Waals surface area contributed by atoms with Gasteiger partial charge in [0.2, 0.25) is 0 Å². The summed E-state index contributed by atoms with van der Waals surface area (Å²) in [6.45, 7) is 2.25. The summed E-state index contributed by atoms with van der Waals surface area (Å²) in [5, 5.41) is 0. The van der Waals surface area contributed by atoms with Gasteiger partial charge in [0.1, 0.15) is 5.82 Å². The van der Waals surface area contributed by atoms with Crippen LogP contribution in [0.4, 0.5) is 4.39 Å².